The van der Waals surface area contributed by atoms with E-state index in [1.54, 1.807) is 0 Å². The molecule has 0 heterocycles. The molecule has 0 aromatic heterocycles. The molecule has 0 saturated carbocycles. The Morgan fingerprint density at radius 3 is 2.38 bits per heavy atom. The average Bonchev–Trinajstić information content (AvgIpc) is 2.54. The van der Waals surface area contributed by atoms with Gasteiger partial charge in [0.1, 0.15) is 4.99 Å². The third-order valence-electron chi connectivity index (χ3n) is 4.85. The first-order valence-electron chi connectivity index (χ1n) is 8.97. The quantitative estimate of drug-likeness (QED) is 0.535. The zero-order valence-corrected chi connectivity index (χ0v) is 17.4. The molecule has 0 radical (unpaired) electrons. The van der Waals surface area contributed by atoms with Gasteiger partial charge in [0.2, 0.25) is 0 Å². The van der Waals surface area contributed by atoms with Crippen molar-refractivity contribution < 1.29 is 0 Å². The van der Waals surface area contributed by atoms with Gasteiger partial charge in [-0.25, -0.2) is 0 Å². The maximum Gasteiger partial charge on any atom is 0.106 e. The van der Waals surface area contributed by atoms with Crippen LogP contribution in [0.1, 0.15) is 50.8 Å². The minimum Gasteiger partial charge on any atom is -0.379 e. The largest absolute Gasteiger partial charge is 0.379 e. The molecule has 0 spiro atoms. The fraction of sp³-hybridized carbons (Fsp3) is 0.571. The number of benzene rings is 1. The third kappa shape index (κ3) is 4.83. The van der Waals surface area contributed by atoms with Crippen molar-refractivity contribution in [2.24, 2.45) is 11.8 Å². The van der Waals surface area contributed by atoms with Gasteiger partial charge in [-0.2, -0.15) is 0 Å². The van der Waals surface area contributed by atoms with Crippen molar-refractivity contribution in [1.82, 2.24) is 5.32 Å². The highest BCUT2D eigenvalue weighted by Gasteiger charge is 2.25. The van der Waals surface area contributed by atoms with Crippen LogP contribution in [0.3, 0.4) is 0 Å². The highest BCUT2D eigenvalue weighted by molar-refractivity contribution is 7.80. The van der Waals surface area contributed by atoms with Gasteiger partial charge < -0.3 is 10.2 Å². The van der Waals surface area contributed by atoms with Crippen molar-refractivity contribution in [2.75, 3.05) is 19.0 Å². The van der Waals surface area contributed by atoms with Gasteiger partial charge in [0.05, 0.1) is 0 Å². The van der Waals surface area contributed by atoms with E-state index in [2.05, 4.69) is 83.1 Å². The van der Waals surface area contributed by atoms with Gasteiger partial charge in [-0.1, -0.05) is 52.1 Å². The summed E-state index contributed by atoms with van der Waals surface area (Å²) in [6.45, 7) is 13.5. The van der Waals surface area contributed by atoms with Gasteiger partial charge in [-0.3, -0.25) is 0 Å². The van der Waals surface area contributed by atoms with Crippen molar-refractivity contribution in [3.8, 4) is 0 Å². The molecule has 0 amide bonds. The van der Waals surface area contributed by atoms with Crippen LogP contribution in [0.25, 0.3) is 0 Å². The molecule has 0 aliphatic heterocycles. The van der Waals surface area contributed by atoms with Crippen molar-refractivity contribution in [2.45, 2.75) is 54.0 Å². The SMILES string of the molecule is CC/C=C/C(C)C(C(C)C)N(C)c1cc(C(=S)NC)cc(C)c1C. The summed E-state index contributed by atoms with van der Waals surface area (Å²) in [5.74, 6) is 1.06. The second kappa shape index (κ2) is 9.22. The Labute approximate surface area is 154 Å². The predicted molar refractivity (Wildman–Crippen MR) is 112 cm³/mol. The summed E-state index contributed by atoms with van der Waals surface area (Å²) in [6, 6.07) is 4.85. The second-order valence-electron chi connectivity index (χ2n) is 7.06. The lowest BCUT2D eigenvalue weighted by atomic mass is 9.89. The van der Waals surface area contributed by atoms with Crippen molar-refractivity contribution in [1.29, 1.82) is 0 Å². The Kier molecular flexibility index (Phi) is 7.95. The van der Waals surface area contributed by atoms with E-state index in [4.69, 9.17) is 12.2 Å². The molecule has 24 heavy (non-hydrogen) atoms. The molecule has 3 heteroatoms. The van der Waals surface area contributed by atoms with Crippen LogP contribution >= 0.6 is 12.2 Å². The van der Waals surface area contributed by atoms with Crippen LogP contribution in [0, 0.1) is 25.7 Å². The van der Waals surface area contributed by atoms with Crippen LogP contribution in [0.15, 0.2) is 24.3 Å². The van der Waals surface area contributed by atoms with E-state index in [0.29, 0.717) is 17.9 Å². The summed E-state index contributed by atoms with van der Waals surface area (Å²) in [5.41, 5.74) is 4.98. The van der Waals surface area contributed by atoms with Crippen molar-refractivity contribution in [3.63, 3.8) is 0 Å². The van der Waals surface area contributed by atoms with Crippen LogP contribution in [-0.4, -0.2) is 25.1 Å². The average molecular weight is 347 g/mol. The molecule has 0 saturated heterocycles. The smallest absolute Gasteiger partial charge is 0.106 e. The zero-order chi connectivity index (χ0) is 18.4. The Balaban J connectivity index is 3.32. The molecule has 0 aliphatic carbocycles. The van der Waals surface area contributed by atoms with Crippen LogP contribution in [-0.2, 0) is 0 Å². The van der Waals surface area contributed by atoms with E-state index in [-0.39, 0.29) is 0 Å². The minimum atomic E-state index is 0.448. The number of anilines is 1. The Morgan fingerprint density at radius 1 is 1.25 bits per heavy atom. The number of hydrogen-bond donors (Lipinski definition) is 1. The highest BCUT2D eigenvalue weighted by Crippen LogP contribution is 2.30. The first-order valence-corrected chi connectivity index (χ1v) is 9.38. The molecule has 2 atom stereocenters. The number of nitrogens with zero attached hydrogens (tertiary/aromatic N) is 1. The molecular weight excluding hydrogens is 312 g/mol. The fourth-order valence-electron chi connectivity index (χ4n) is 3.51. The summed E-state index contributed by atoms with van der Waals surface area (Å²) in [7, 11) is 4.10. The predicted octanol–water partition coefficient (Wildman–Crippen LogP) is 5.26. The fourth-order valence-corrected chi connectivity index (χ4v) is 3.63. The minimum absolute atomic E-state index is 0.448. The number of thiocarbonyl (C=S) groups is 1. The molecule has 1 aromatic rings. The van der Waals surface area contributed by atoms with Gasteiger partial charge in [0.15, 0.2) is 0 Å². The topological polar surface area (TPSA) is 15.3 Å². The number of aryl methyl sites for hydroxylation is 1. The molecule has 1 rings (SSSR count). The van der Waals surface area contributed by atoms with E-state index in [9.17, 15) is 0 Å². The molecule has 1 aromatic carbocycles. The second-order valence-corrected chi connectivity index (χ2v) is 7.47. The van der Waals surface area contributed by atoms with Crippen LogP contribution < -0.4 is 10.2 Å². The van der Waals surface area contributed by atoms with Gasteiger partial charge in [0, 0.05) is 31.4 Å². The molecule has 134 valence electrons. The number of nitrogens with one attached hydrogen (secondary N) is 1. The Hall–Kier alpha value is -1.35. The lowest BCUT2D eigenvalue weighted by Crippen LogP contribution is -2.41. The molecule has 0 fully saturated rings. The van der Waals surface area contributed by atoms with Crippen molar-refractivity contribution >= 4 is 22.9 Å². The molecule has 2 unspecified atom stereocenters. The lowest BCUT2D eigenvalue weighted by Gasteiger charge is -2.38. The first kappa shape index (κ1) is 20.7. The van der Waals surface area contributed by atoms with Gasteiger partial charge in [-0.05, 0) is 55.4 Å². The monoisotopic (exact) mass is 346 g/mol. The summed E-state index contributed by atoms with van der Waals surface area (Å²) in [6.07, 6.45) is 5.72. The van der Waals surface area contributed by atoms with Gasteiger partial charge >= 0.3 is 0 Å². The molecule has 0 aliphatic rings. The lowest BCUT2D eigenvalue weighted by molar-refractivity contribution is 0.397. The molecule has 0 bridgehead atoms. The molecular formula is C21H34N2S. The first-order chi connectivity index (χ1) is 11.2. The zero-order valence-electron chi connectivity index (χ0n) is 16.6. The highest BCUT2D eigenvalue weighted by atomic mass is 32.1. The van der Waals surface area contributed by atoms with E-state index >= 15 is 0 Å². The van der Waals surface area contributed by atoms with Gasteiger partial charge in [0.25, 0.3) is 0 Å². The number of allylic oxidation sites excluding steroid dienone is 1. The maximum absolute atomic E-state index is 5.46. The Bertz CT molecular complexity index is 590. The standard InChI is InChI=1S/C21H34N2S/c1-9-10-11-15(4)20(14(2)3)23(8)19-13-18(21(24)22-7)12-16(5)17(19)6/h10-15,20H,9H2,1-8H3,(H,22,24)/b11-10+. The van der Waals surface area contributed by atoms with Gasteiger partial charge in [-0.15, -0.1) is 0 Å². The maximum atomic E-state index is 5.46. The summed E-state index contributed by atoms with van der Waals surface area (Å²) in [4.78, 5) is 3.24. The van der Waals surface area contributed by atoms with Crippen LogP contribution in [0.4, 0.5) is 5.69 Å². The molecule has 2 nitrogen and oxygen atoms in total. The van der Waals surface area contributed by atoms with Crippen molar-refractivity contribution in [3.05, 3.63) is 41.0 Å². The summed E-state index contributed by atoms with van der Waals surface area (Å²) in [5, 5.41) is 3.10. The van der Waals surface area contributed by atoms with E-state index in [0.717, 1.165) is 17.0 Å². The van der Waals surface area contributed by atoms with E-state index < -0.39 is 0 Å². The molecule has 1 N–H and O–H groups in total. The Morgan fingerprint density at radius 2 is 1.88 bits per heavy atom. The van der Waals surface area contributed by atoms with Crippen LogP contribution in [0.5, 0.6) is 0 Å². The third-order valence-corrected chi connectivity index (χ3v) is 5.29. The summed E-state index contributed by atoms with van der Waals surface area (Å²) >= 11 is 5.46. The van der Waals surface area contributed by atoms with Crippen LogP contribution in [0.2, 0.25) is 0 Å². The van der Waals surface area contributed by atoms with E-state index in [1.807, 2.05) is 7.05 Å². The number of hydrogen-bond acceptors (Lipinski definition) is 2. The summed E-state index contributed by atoms with van der Waals surface area (Å²) < 4.78 is 0. The number of rotatable bonds is 7. The normalized spacial score (nSPS) is 14.0. The van der Waals surface area contributed by atoms with E-state index in [1.165, 1.54) is 16.8 Å².